The van der Waals surface area contributed by atoms with Crippen molar-refractivity contribution in [3.8, 4) is 5.75 Å². The van der Waals surface area contributed by atoms with Crippen LogP contribution < -0.4 is 15.4 Å². The Morgan fingerprint density at radius 3 is 2.65 bits per heavy atom. The number of benzene rings is 2. The molecule has 0 aliphatic carbocycles. The highest BCUT2D eigenvalue weighted by molar-refractivity contribution is 6.32. The third-order valence-corrected chi connectivity index (χ3v) is 4.75. The monoisotopic (exact) mass is 373 g/mol. The summed E-state index contributed by atoms with van der Waals surface area (Å²) in [5, 5.41) is 6.12. The number of hydrogen-bond acceptors (Lipinski definition) is 3. The van der Waals surface area contributed by atoms with Gasteiger partial charge in [0.25, 0.3) is 0 Å². The lowest BCUT2D eigenvalue weighted by Crippen LogP contribution is -2.28. The van der Waals surface area contributed by atoms with E-state index < -0.39 is 0 Å². The number of methoxy groups -OCH3 is 1. The van der Waals surface area contributed by atoms with Crippen LogP contribution in [0, 0.1) is 0 Å². The smallest absolute Gasteiger partial charge is 0.319 e. The molecule has 26 heavy (non-hydrogen) atoms. The zero-order chi connectivity index (χ0) is 18.4. The van der Waals surface area contributed by atoms with Gasteiger partial charge in [-0.25, -0.2) is 4.79 Å². The first-order valence-electron chi connectivity index (χ1n) is 8.82. The highest BCUT2D eigenvalue weighted by Crippen LogP contribution is 2.27. The van der Waals surface area contributed by atoms with Crippen LogP contribution in [0.2, 0.25) is 5.02 Å². The molecule has 0 aromatic heterocycles. The minimum Gasteiger partial charge on any atom is -0.495 e. The molecule has 0 atom stereocenters. The second-order valence-corrected chi connectivity index (χ2v) is 6.87. The van der Waals surface area contributed by atoms with Gasteiger partial charge in [0, 0.05) is 18.8 Å². The van der Waals surface area contributed by atoms with Gasteiger partial charge in [-0.05, 0) is 55.3 Å². The number of anilines is 1. The SMILES string of the molecule is COc1ccc(NC(=O)NCc2cccc(CN3CCCC3)c2)cc1Cl. The van der Waals surface area contributed by atoms with Gasteiger partial charge in [0.1, 0.15) is 5.75 Å². The molecule has 1 heterocycles. The van der Waals surface area contributed by atoms with Gasteiger partial charge in [-0.15, -0.1) is 0 Å². The Bertz CT molecular complexity index is 760. The molecule has 1 saturated heterocycles. The zero-order valence-electron chi connectivity index (χ0n) is 14.9. The normalized spacial score (nSPS) is 14.2. The largest absolute Gasteiger partial charge is 0.495 e. The molecule has 0 unspecified atom stereocenters. The number of carbonyl (C=O) groups is 1. The average molecular weight is 374 g/mol. The number of likely N-dealkylation sites (tertiary alicyclic amines) is 1. The Hall–Kier alpha value is -2.24. The van der Waals surface area contributed by atoms with Crippen LogP contribution >= 0.6 is 11.6 Å². The molecule has 0 radical (unpaired) electrons. The molecule has 1 aliphatic rings. The van der Waals surface area contributed by atoms with Gasteiger partial charge in [-0.2, -0.15) is 0 Å². The van der Waals surface area contributed by atoms with E-state index in [-0.39, 0.29) is 6.03 Å². The standard InChI is InChI=1S/C20H24ClN3O2/c1-26-19-8-7-17(12-18(19)21)23-20(25)22-13-15-5-4-6-16(11-15)14-24-9-2-3-10-24/h4-8,11-12H,2-3,9-10,13-14H2,1H3,(H2,22,23,25). The number of ether oxygens (including phenoxy) is 1. The maximum Gasteiger partial charge on any atom is 0.319 e. The van der Waals surface area contributed by atoms with Gasteiger partial charge < -0.3 is 15.4 Å². The molecule has 2 amide bonds. The van der Waals surface area contributed by atoms with Crippen LogP contribution in [-0.4, -0.2) is 31.1 Å². The summed E-state index contributed by atoms with van der Waals surface area (Å²) >= 11 is 6.07. The van der Waals surface area contributed by atoms with Crippen LogP contribution in [0.3, 0.4) is 0 Å². The van der Waals surface area contributed by atoms with E-state index in [2.05, 4.69) is 27.7 Å². The summed E-state index contributed by atoms with van der Waals surface area (Å²) in [6.45, 7) is 3.80. The number of urea groups is 1. The summed E-state index contributed by atoms with van der Waals surface area (Å²) in [5.41, 5.74) is 2.99. The maximum atomic E-state index is 12.1. The first kappa shape index (κ1) is 18.5. The molecule has 2 aromatic rings. The van der Waals surface area contributed by atoms with Crippen LogP contribution in [0.15, 0.2) is 42.5 Å². The van der Waals surface area contributed by atoms with E-state index in [0.29, 0.717) is 23.0 Å². The van der Waals surface area contributed by atoms with Gasteiger partial charge in [-0.1, -0.05) is 35.9 Å². The number of nitrogens with one attached hydrogen (secondary N) is 2. The molecule has 5 nitrogen and oxygen atoms in total. The van der Waals surface area contributed by atoms with Crippen molar-refractivity contribution in [1.82, 2.24) is 10.2 Å². The maximum absolute atomic E-state index is 12.1. The highest BCUT2D eigenvalue weighted by Gasteiger charge is 2.12. The van der Waals surface area contributed by atoms with Crippen LogP contribution in [0.5, 0.6) is 5.75 Å². The molecule has 1 aliphatic heterocycles. The Morgan fingerprint density at radius 1 is 1.15 bits per heavy atom. The van der Waals surface area contributed by atoms with Gasteiger partial charge in [0.05, 0.1) is 12.1 Å². The molecular formula is C20H24ClN3O2. The molecule has 0 saturated carbocycles. The second-order valence-electron chi connectivity index (χ2n) is 6.46. The molecule has 2 aromatic carbocycles. The third-order valence-electron chi connectivity index (χ3n) is 4.46. The number of carbonyl (C=O) groups excluding carboxylic acids is 1. The Balaban J connectivity index is 1.51. The summed E-state index contributed by atoms with van der Waals surface area (Å²) in [6.07, 6.45) is 2.58. The van der Waals surface area contributed by atoms with Crippen molar-refractivity contribution in [3.05, 3.63) is 58.6 Å². The molecule has 3 rings (SSSR count). The molecule has 0 spiro atoms. The lowest BCUT2D eigenvalue weighted by Gasteiger charge is -2.15. The van der Waals surface area contributed by atoms with Crippen LogP contribution in [-0.2, 0) is 13.1 Å². The van der Waals surface area contributed by atoms with E-state index in [1.807, 2.05) is 12.1 Å². The van der Waals surface area contributed by atoms with Crippen LogP contribution in [0.1, 0.15) is 24.0 Å². The Labute approximate surface area is 159 Å². The lowest BCUT2D eigenvalue weighted by molar-refractivity contribution is 0.251. The summed E-state index contributed by atoms with van der Waals surface area (Å²) in [5.74, 6) is 0.576. The zero-order valence-corrected chi connectivity index (χ0v) is 15.7. The summed E-state index contributed by atoms with van der Waals surface area (Å²) in [7, 11) is 1.55. The van der Waals surface area contributed by atoms with Crippen molar-refractivity contribution in [1.29, 1.82) is 0 Å². The highest BCUT2D eigenvalue weighted by atomic mass is 35.5. The van der Waals surface area contributed by atoms with Crippen molar-refractivity contribution < 1.29 is 9.53 Å². The van der Waals surface area contributed by atoms with Gasteiger partial charge in [-0.3, -0.25) is 4.90 Å². The average Bonchev–Trinajstić information content (AvgIpc) is 3.13. The van der Waals surface area contributed by atoms with Crippen molar-refractivity contribution in [3.63, 3.8) is 0 Å². The van der Waals surface area contributed by atoms with Crippen LogP contribution in [0.25, 0.3) is 0 Å². The molecule has 0 bridgehead atoms. The number of rotatable bonds is 6. The van der Waals surface area contributed by atoms with E-state index in [1.165, 1.54) is 31.5 Å². The quantitative estimate of drug-likeness (QED) is 0.795. The topological polar surface area (TPSA) is 53.6 Å². The van der Waals surface area contributed by atoms with Crippen LogP contribution in [0.4, 0.5) is 10.5 Å². The Kier molecular flexibility index (Phi) is 6.36. The second kappa shape index (κ2) is 8.92. The molecular weight excluding hydrogens is 350 g/mol. The van der Waals surface area contributed by atoms with E-state index in [9.17, 15) is 4.79 Å². The van der Waals surface area contributed by atoms with E-state index in [4.69, 9.17) is 16.3 Å². The van der Waals surface area contributed by atoms with Crippen molar-refractivity contribution in [2.24, 2.45) is 0 Å². The summed E-state index contributed by atoms with van der Waals surface area (Å²) in [6, 6.07) is 13.2. The van der Waals surface area contributed by atoms with E-state index in [1.54, 1.807) is 25.3 Å². The molecule has 2 N–H and O–H groups in total. The van der Waals surface area contributed by atoms with Crippen molar-refractivity contribution in [2.45, 2.75) is 25.9 Å². The van der Waals surface area contributed by atoms with Gasteiger partial charge in [0.2, 0.25) is 0 Å². The number of amides is 2. The van der Waals surface area contributed by atoms with E-state index >= 15 is 0 Å². The summed E-state index contributed by atoms with van der Waals surface area (Å²) < 4.78 is 5.11. The lowest BCUT2D eigenvalue weighted by atomic mass is 10.1. The minimum atomic E-state index is -0.267. The fourth-order valence-corrected chi connectivity index (χ4v) is 3.40. The number of halogens is 1. The van der Waals surface area contributed by atoms with Gasteiger partial charge in [0.15, 0.2) is 0 Å². The van der Waals surface area contributed by atoms with Crippen molar-refractivity contribution in [2.75, 3.05) is 25.5 Å². The number of nitrogens with zero attached hydrogens (tertiary/aromatic N) is 1. The van der Waals surface area contributed by atoms with Crippen molar-refractivity contribution >= 4 is 23.3 Å². The first-order chi connectivity index (χ1) is 12.6. The van der Waals surface area contributed by atoms with E-state index in [0.717, 1.165) is 12.1 Å². The summed E-state index contributed by atoms with van der Waals surface area (Å²) in [4.78, 5) is 14.6. The number of hydrogen-bond donors (Lipinski definition) is 2. The van der Waals surface area contributed by atoms with Gasteiger partial charge >= 0.3 is 6.03 Å². The molecule has 1 fully saturated rings. The first-order valence-corrected chi connectivity index (χ1v) is 9.20. The fraction of sp³-hybridized carbons (Fsp3) is 0.350. The predicted molar refractivity (Wildman–Crippen MR) is 105 cm³/mol. The Morgan fingerprint density at radius 2 is 1.92 bits per heavy atom. The molecule has 138 valence electrons. The molecule has 6 heteroatoms. The fourth-order valence-electron chi connectivity index (χ4n) is 3.14. The third kappa shape index (κ3) is 5.13. The minimum absolute atomic E-state index is 0.267. The predicted octanol–water partition coefficient (Wildman–Crippen LogP) is 4.27.